The molecule has 0 aliphatic carbocycles. The molecule has 0 spiro atoms. The summed E-state index contributed by atoms with van der Waals surface area (Å²) < 4.78 is 0. The van der Waals surface area contributed by atoms with Crippen LogP contribution in [0.15, 0.2) is 0 Å². The average molecular weight is 465 g/mol. The summed E-state index contributed by atoms with van der Waals surface area (Å²) in [6.45, 7) is 14.6. The van der Waals surface area contributed by atoms with Gasteiger partial charge in [-0.15, -0.1) is 0 Å². The van der Waals surface area contributed by atoms with Gasteiger partial charge in [0.25, 0.3) is 0 Å². The van der Waals surface area contributed by atoms with E-state index in [-0.39, 0.29) is 0 Å². The molecule has 0 aliphatic heterocycles. The van der Waals surface area contributed by atoms with Gasteiger partial charge in [-0.2, -0.15) is 0 Å². The Kier molecular flexibility index (Phi) is 25.1. The van der Waals surface area contributed by atoms with Gasteiger partial charge in [0.2, 0.25) is 0 Å². The van der Waals surface area contributed by atoms with Crippen molar-refractivity contribution in [3.05, 3.63) is 0 Å². The van der Waals surface area contributed by atoms with Crippen molar-refractivity contribution in [1.29, 1.82) is 0 Å². The Morgan fingerprint density at radius 1 is 0.273 bits per heavy atom. The van der Waals surface area contributed by atoms with Crippen LogP contribution in [0, 0.1) is 23.7 Å². The molecule has 4 atom stereocenters. The first-order chi connectivity index (χ1) is 16.0. The third kappa shape index (κ3) is 24.9. The van der Waals surface area contributed by atoms with Gasteiger partial charge in [0.05, 0.1) is 0 Å². The van der Waals surface area contributed by atoms with Crippen molar-refractivity contribution in [2.45, 2.75) is 189 Å². The summed E-state index contributed by atoms with van der Waals surface area (Å²) in [4.78, 5) is 0. The summed E-state index contributed by atoms with van der Waals surface area (Å²) in [5.41, 5.74) is 0. The highest BCUT2D eigenvalue weighted by atomic mass is 14.1. The topological polar surface area (TPSA) is 0 Å². The van der Waals surface area contributed by atoms with Crippen LogP contribution in [0.25, 0.3) is 0 Å². The number of hydrogen-bond acceptors (Lipinski definition) is 0. The van der Waals surface area contributed by atoms with Gasteiger partial charge < -0.3 is 0 Å². The van der Waals surface area contributed by atoms with Crippen molar-refractivity contribution in [3.63, 3.8) is 0 Å². The molecule has 0 heteroatoms. The first-order valence-corrected chi connectivity index (χ1v) is 16.0. The maximum atomic E-state index is 2.51. The van der Waals surface area contributed by atoms with Crippen LogP contribution in [0.1, 0.15) is 189 Å². The van der Waals surface area contributed by atoms with E-state index in [2.05, 4.69) is 41.5 Å². The zero-order valence-electron chi connectivity index (χ0n) is 24.6. The van der Waals surface area contributed by atoms with E-state index in [1.807, 2.05) is 0 Å². The maximum absolute atomic E-state index is 2.51. The van der Waals surface area contributed by atoms with Crippen molar-refractivity contribution in [1.82, 2.24) is 0 Å². The van der Waals surface area contributed by atoms with E-state index in [0.29, 0.717) is 0 Å². The summed E-state index contributed by atoms with van der Waals surface area (Å²) in [6.07, 6.45) is 33.5. The molecule has 200 valence electrons. The number of rotatable bonds is 26. The van der Waals surface area contributed by atoms with Crippen LogP contribution in [0.3, 0.4) is 0 Å². The molecule has 0 nitrogen and oxygen atoms in total. The highest BCUT2D eigenvalue weighted by molar-refractivity contribution is 4.61. The molecule has 0 N–H and O–H groups in total. The lowest BCUT2D eigenvalue weighted by atomic mass is 9.91. The summed E-state index contributed by atoms with van der Waals surface area (Å²) in [5.74, 6) is 3.80. The van der Waals surface area contributed by atoms with E-state index < -0.39 is 0 Å². The van der Waals surface area contributed by atoms with E-state index in [9.17, 15) is 0 Å². The van der Waals surface area contributed by atoms with Crippen molar-refractivity contribution in [2.24, 2.45) is 23.7 Å². The van der Waals surface area contributed by atoms with Gasteiger partial charge in [0.1, 0.15) is 0 Å². The Morgan fingerprint density at radius 2 is 0.515 bits per heavy atom. The zero-order valence-corrected chi connectivity index (χ0v) is 24.6. The molecule has 33 heavy (non-hydrogen) atoms. The Bertz CT molecular complexity index is 359. The fourth-order valence-electron chi connectivity index (χ4n) is 5.55. The SMILES string of the molecule is CCCCCCCCCCC(C)CCCC(C)CCCCCC(C)CCCC(C)CCCC. The summed E-state index contributed by atoms with van der Waals surface area (Å²) in [6, 6.07) is 0. The molecule has 0 fully saturated rings. The second kappa shape index (κ2) is 25.1. The molecule has 0 rings (SSSR count). The molecule has 0 aromatic rings. The summed E-state index contributed by atoms with van der Waals surface area (Å²) >= 11 is 0. The Morgan fingerprint density at radius 3 is 0.879 bits per heavy atom. The van der Waals surface area contributed by atoms with E-state index in [1.165, 1.54) is 148 Å². The van der Waals surface area contributed by atoms with Gasteiger partial charge >= 0.3 is 0 Å². The standard InChI is InChI=1S/C33H68/c1-7-9-11-12-13-14-15-17-23-31(4)28-21-29-33(6)25-19-16-18-24-32(5)27-20-26-30(3)22-10-8-2/h30-33H,7-29H2,1-6H3. The smallest absolute Gasteiger partial charge is 0.0443 e. The van der Waals surface area contributed by atoms with Crippen LogP contribution >= 0.6 is 0 Å². The first-order valence-electron chi connectivity index (χ1n) is 16.0. The second-order valence-corrected chi connectivity index (χ2v) is 12.3. The third-order valence-corrected chi connectivity index (χ3v) is 8.28. The lowest BCUT2D eigenvalue weighted by molar-refractivity contribution is 0.378. The Labute approximate surface area is 212 Å². The van der Waals surface area contributed by atoms with Crippen molar-refractivity contribution in [2.75, 3.05) is 0 Å². The Balaban J connectivity index is 3.45. The molecule has 0 aromatic carbocycles. The molecule has 0 aromatic heterocycles. The maximum Gasteiger partial charge on any atom is -0.0443 e. The van der Waals surface area contributed by atoms with Gasteiger partial charge in [-0.05, 0) is 23.7 Å². The highest BCUT2D eigenvalue weighted by Gasteiger charge is 2.08. The lowest BCUT2D eigenvalue weighted by Crippen LogP contribution is -2.00. The molecule has 0 bridgehead atoms. The van der Waals surface area contributed by atoms with Gasteiger partial charge in [-0.3, -0.25) is 0 Å². The highest BCUT2D eigenvalue weighted by Crippen LogP contribution is 2.23. The van der Waals surface area contributed by atoms with Crippen molar-refractivity contribution >= 4 is 0 Å². The number of unbranched alkanes of at least 4 members (excludes halogenated alkanes) is 10. The van der Waals surface area contributed by atoms with Crippen LogP contribution < -0.4 is 0 Å². The van der Waals surface area contributed by atoms with Gasteiger partial charge in [-0.25, -0.2) is 0 Å². The fraction of sp³-hybridized carbons (Fsp3) is 1.00. The summed E-state index contributed by atoms with van der Waals surface area (Å²) in [5, 5.41) is 0. The minimum atomic E-state index is 0.947. The Hall–Kier alpha value is 0. The van der Waals surface area contributed by atoms with Gasteiger partial charge in [-0.1, -0.05) is 189 Å². The quantitative estimate of drug-likeness (QED) is 0.112. The van der Waals surface area contributed by atoms with E-state index in [0.717, 1.165) is 23.7 Å². The van der Waals surface area contributed by atoms with Crippen LogP contribution in [-0.4, -0.2) is 0 Å². The molecule has 0 radical (unpaired) electrons. The zero-order chi connectivity index (χ0) is 24.6. The molecular weight excluding hydrogens is 396 g/mol. The predicted molar refractivity (Wildman–Crippen MR) is 154 cm³/mol. The molecular formula is C33H68. The molecule has 0 saturated heterocycles. The second-order valence-electron chi connectivity index (χ2n) is 12.3. The minimum Gasteiger partial charge on any atom is -0.0654 e. The van der Waals surface area contributed by atoms with Gasteiger partial charge in [0.15, 0.2) is 0 Å². The largest absolute Gasteiger partial charge is 0.0654 e. The average Bonchev–Trinajstić information content (AvgIpc) is 2.79. The van der Waals surface area contributed by atoms with Gasteiger partial charge in [0, 0.05) is 0 Å². The van der Waals surface area contributed by atoms with E-state index in [1.54, 1.807) is 0 Å². The van der Waals surface area contributed by atoms with E-state index in [4.69, 9.17) is 0 Å². The molecule has 4 unspecified atom stereocenters. The van der Waals surface area contributed by atoms with Crippen LogP contribution in [0.5, 0.6) is 0 Å². The lowest BCUT2D eigenvalue weighted by Gasteiger charge is -2.15. The first kappa shape index (κ1) is 33.0. The third-order valence-electron chi connectivity index (χ3n) is 8.28. The minimum absolute atomic E-state index is 0.947. The van der Waals surface area contributed by atoms with Crippen molar-refractivity contribution in [3.8, 4) is 0 Å². The fourth-order valence-corrected chi connectivity index (χ4v) is 5.55. The molecule has 0 aliphatic rings. The summed E-state index contributed by atoms with van der Waals surface area (Å²) in [7, 11) is 0. The van der Waals surface area contributed by atoms with Crippen LogP contribution in [-0.2, 0) is 0 Å². The van der Waals surface area contributed by atoms with Crippen LogP contribution in [0.4, 0.5) is 0 Å². The van der Waals surface area contributed by atoms with E-state index >= 15 is 0 Å². The predicted octanol–water partition coefficient (Wildman–Crippen LogP) is 12.5. The normalized spacial score (nSPS) is 15.5. The number of hydrogen-bond donors (Lipinski definition) is 0. The molecule has 0 saturated carbocycles. The van der Waals surface area contributed by atoms with Crippen LogP contribution in [0.2, 0.25) is 0 Å². The van der Waals surface area contributed by atoms with Crippen molar-refractivity contribution < 1.29 is 0 Å². The molecule has 0 amide bonds. The molecule has 0 heterocycles. The monoisotopic (exact) mass is 465 g/mol.